The summed E-state index contributed by atoms with van der Waals surface area (Å²) in [6.07, 6.45) is 12.3. The quantitative estimate of drug-likeness (QED) is 0.680. The molecule has 1 aliphatic heterocycles. The van der Waals surface area contributed by atoms with E-state index in [0.29, 0.717) is 12.5 Å². The summed E-state index contributed by atoms with van der Waals surface area (Å²) < 4.78 is 8.30. The SMILES string of the molecule is OC(CC1c2ccccc2-c2nccn21)C1CCC(OCc2cccnc2)CC1. The number of nitrogens with zero attached hydrogens (tertiary/aromatic N) is 3. The van der Waals surface area contributed by atoms with E-state index in [1.807, 2.05) is 30.7 Å². The maximum Gasteiger partial charge on any atom is 0.140 e. The first kappa shape index (κ1) is 18.5. The molecule has 5 nitrogen and oxygen atoms in total. The second-order valence-corrected chi connectivity index (χ2v) is 8.27. The molecule has 1 fully saturated rings. The van der Waals surface area contributed by atoms with Gasteiger partial charge in [-0.15, -0.1) is 0 Å². The first-order valence-electron chi connectivity index (χ1n) is 10.6. The van der Waals surface area contributed by atoms with Crippen LogP contribution in [0.4, 0.5) is 0 Å². The molecule has 3 heterocycles. The molecule has 1 N–H and O–H groups in total. The van der Waals surface area contributed by atoms with Crippen LogP contribution in [0.5, 0.6) is 0 Å². The van der Waals surface area contributed by atoms with Gasteiger partial charge in [-0.1, -0.05) is 30.3 Å². The lowest BCUT2D eigenvalue weighted by molar-refractivity contribution is -0.0160. The summed E-state index contributed by atoms with van der Waals surface area (Å²) in [6.45, 7) is 0.619. The number of pyridine rings is 1. The van der Waals surface area contributed by atoms with Crippen molar-refractivity contribution in [3.05, 3.63) is 72.3 Å². The molecule has 2 unspecified atom stereocenters. The van der Waals surface area contributed by atoms with Crippen LogP contribution in [0.3, 0.4) is 0 Å². The minimum absolute atomic E-state index is 0.179. The Labute approximate surface area is 171 Å². The van der Waals surface area contributed by atoms with E-state index in [9.17, 15) is 5.11 Å². The lowest BCUT2D eigenvalue weighted by Gasteiger charge is -2.32. The van der Waals surface area contributed by atoms with Crippen molar-refractivity contribution in [1.29, 1.82) is 0 Å². The summed E-state index contributed by atoms with van der Waals surface area (Å²) in [5, 5.41) is 11.0. The van der Waals surface area contributed by atoms with Gasteiger partial charge in [0.25, 0.3) is 0 Å². The summed E-state index contributed by atoms with van der Waals surface area (Å²) in [5.41, 5.74) is 3.59. The Balaban J connectivity index is 1.17. The zero-order chi connectivity index (χ0) is 19.6. The topological polar surface area (TPSA) is 60.2 Å². The number of rotatable bonds is 6. The van der Waals surface area contributed by atoms with E-state index in [1.165, 1.54) is 11.1 Å². The van der Waals surface area contributed by atoms with Crippen LogP contribution in [0.2, 0.25) is 0 Å². The van der Waals surface area contributed by atoms with Crippen LogP contribution in [0, 0.1) is 5.92 Å². The second kappa shape index (κ2) is 8.09. The summed E-state index contributed by atoms with van der Waals surface area (Å²) in [5.74, 6) is 1.36. The number of hydrogen-bond donors (Lipinski definition) is 1. The molecule has 150 valence electrons. The van der Waals surface area contributed by atoms with Crippen LogP contribution in [-0.4, -0.2) is 31.8 Å². The molecule has 5 heteroatoms. The van der Waals surface area contributed by atoms with Crippen LogP contribution >= 0.6 is 0 Å². The monoisotopic (exact) mass is 389 g/mol. The van der Waals surface area contributed by atoms with Gasteiger partial charge in [0.15, 0.2) is 0 Å². The van der Waals surface area contributed by atoms with Crippen molar-refractivity contribution in [2.75, 3.05) is 0 Å². The molecular formula is C24H27N3O2. The highest BCUT2D eigenvalue weighted by atomic mass is 16.5. The minimum atomic E-state index is -0.305. The van der Waals surface area contributed by atoms with Gasteiger partial charge in [0.2, 0.25) is 0 Å². The zero-order valence-electron chi connectivity index (χ0n) is 16.5. The molecule has 1 saturated carbocycles. The summed E-state index contributed by atoms with van der Waals surface area (Å²) in [4.78, 5) is 8.67. The van der Waals surface area contributed by atoms with Gasteiger partial charge in [-0.05, 0) is 55.2 Å². The van der Waals surface area contributed by atoms with Gasteiger partial charge in [0, 0.05) is 30.4 Å². The number of fused-ring (bicyclic) bond motifs is 3. The molecule has 0 spiro atoms. The molecule has 2 aromatic heterocycles. The van der Waals surface area contributed by atoms with Crippen molar-refractivity contribution < 1.29 is 9.84 Å². The van der Waals surface area contributed by atoms with Gasteiger partial charge >= 0.3 is 0 Å². The summed E-state index contributed by atoms with van der Waals surface area (Å²) in [7, 11) is 0. The second-order valence-electron chi connectivity index (χ2n) is 8.27. The van der Waals surface area contributed by atoms with Gasteiger partial charge in [-0.3, -0.25) is 4.98 Å². The number of aliphatic hydroxyl groups is 1. The maximum absolute atomic E-state index is 11.0. The van der Waals surface area contributed by atoms with E-state index >= 15 is 0 Å². The molecule has 29 heavy (non-hydrogen) atoms. The van der Waals surface area contributed by atoms with E-state index < -0.39 is 0 Å². The largest absolute Gasteiger partial charge is 0.393 e. The number of aromatic nitrogens is 3. The van der Waals surface area contributed by atoms with Crippen LogP contribution in [0.25, 0.3) is 11.4 Å². The van der Waals surface area contributed by atoms with Gasteiger partial charge in [0.1, 0.15) is 5.82 Å². The molecule has 3 aromatic rings. The Hall–Kier alpha value is -2.50. The highest BCUT2D eigenvalue weighted by Gasteiger charge is 2.34. The van der Waals surface area contributed by atoms with Crippen molar-refractivity contribution >= 4 is 0 Å². The average Bonchev–Trinajstić information content (AvgIpc) is 3.36. The fourth-order valence-electron chi connectivity index (χ4n) is 4.91. The summed E-state index contributed by atoms with van der Waals surface area (Å²) in [6, 6.07) is 12.6. The number of benzene rings is 1. The Morgan fingerprint density at radius 3 is 2.76 bits per heavy atom. The lowest BCUT2D eigenvalue weighted by atomic mass is 9.81. The zero-order valence-corrected chi connectivity index (χ0v) is 16.5. The number of hydrogen-bond acceptors (Lipinski definition) is 4. The van der Waals surface area contributed by atoms with Crippen LogP contribution < -0.4 is 0 Å². The fourth-order valence-corrected chi connectivity index (χ4v) is 4.91. The molecule has 2 atom stereocenters. The Kier molecular flexibility index (Phi) is 5.17. The normalized spacial score (nSPS) is 24.1. The standard InChI is InChI=1S/C24H27N3O2/c28-23(14-22-20-5-1-2-6-21(20)24-26-12-13-27(22)24)18-7-9-19(10-8-18)29-16-17-4-3-11-25-15-17/h1-6,11-13,15,18-19,22-23,28H,7-10,14,16H2. The molecule has 0 bridgehead atoms. The maximum atomic E-state index is 11.0. The van der Waals surface area contributed by atoms with Crippen molar-refractivity contribution in [3.63, 3.8) is 0 Å². The molecular weight excluding hydrogens is 362 g/mol. The van der Waals surface area contributed by atoms with E-state index in [0.717, 1.165) is 43.5 Å². The van der Waals surface area contributed by atoms with Crippen LogP contribution in [0.1, 0.15) is 49.3 Å². The average molecular weight is 389 g/mol. The van der Waals surface area contributed by atoms with Gasteiger partial charge in [-0.2, -0.15) is 0 Å². The van der Waals surface area contributed by atoms with E-state index in [4.69, 9.17) is 4.74 Å². The number of aliphatic hydroxyl groups excluding tert-OH is 1. The first-order chi connectivity index (χ1) is 14.3. The fraction of sp³-hybridized carbons (Fsp3) is 0.417. The number of ether oxygens (including phenoxy) is 1. The molecule has 1 aromatic carbocycles. The molecule has 0 amide bonds. The lowest BCUT2D eigenvalue weighted by Crippen LogP contribution is -2.30. The third kappa shape index (κ3) is 3.72. The van der Waals surface area contributed by atoms with E-state index in [2.05, 4.69) is 38.8 Å². The van der Waals surface area contributed by atoms with Gasteiger partial charge < -0.3 is 14.4 Å². The highest BCUT2D eigenvalue weighted by molar-refractivity contribution is 5.66. The molecule has 5 rings (SSSR count). The van der Waals surface area contributed by atoms with E-state index in [-0.39, 0.29) is 18.2 Å². The predicted octanol–water partition coefficient (Wildman–Crippen LogP) is 4.37. The van der Waals surface area contributed by atoms with Crippen LogP contribution in [0.15, 0.2) is 61.2 Å². The third-order valence-electron chi connectivity index (χ3n) is 6.50. The predicted molar refractivity (Wildman–Crippen MR) is 111 cm³/mol. The van der Waals surface area contributed by atoms with Crippen molar-refractivity contribution in [2.24, 2.45) is 5.92 Å². The molecule has 0 saturated heterocycles. The van der Waals surface area contributed by atoms with Crippen molar-refractivity contribution in [1.82, 2.24) is 14.5 Å². The Morgan fingerprint density at radius 1 is 1.07 bits per heavy atom. The highest BCUT2D eigenvalue weighted by Crippen LogP contribution is 2.42. The molecule has 2 aliphatic rings. The summed E-state index contributed by atoms with van der Waals surface area (Å²) >= 11 is 0. The molecule has 0 radical (unpaired) electrons. The van der Waals surface area contributed by atoms with Gasteiger partial charge in [0.05, 0.1) is 24.9 Å². The van der Waals surface area contributed by atoms with E-state index in [1.54, 1.807) is 6.20 Å². The third-order valence-corrected chi connectivity index (χ3v) is 6.50. The molecule has 1 aliphatic carbocycles. The minimum Gasteiger partial charge on any atom is -0.393 e. The van der Waals surface area contributed by atoms with Crippen molar-refractivity contribution in [3.8, 4) is 11.4 Å². The van der Waals surface area contributed by atoms with Crippen molar-refractivity contribution in [2.45, 2.75) is 57.0 Å². The number of imidazole rings is 1. The smallest absolute Gasteiger partial charge is 0.140 e. The first-order valence-corrected chi connectivity index (χ1v) is 10.6. The van der Waals surface area contributed by atoms with Crippen LogP contribution in [-0.2, 0) is 11.3 Å². The Morgan fingerprint density at radius 2 is 1.93 bits per heavy atom. The Bertz CT molecular complexity index is 948. The van der Waals surface area contributed by atoms with Gasteiger partial charge in [-0.25, -0.2) is 4.98 Å².